The predicted octanol–water partition coefficient (Wildman–Crippen LogP) is -1.27. The maximum absolute atomic E-state index is 14.0. The molecular formula is C59H69Cl4F3K2N10O14. The average Bonchev–Trinajstić information content (AvgIpc) is 1.69. The fraction of sp³-hybridized carbons (Fsp3) is 0.322. The van der Waals surface area contributed by atoms with Gasteiger partial charge < -0.3 is 64.7 Å². The van der Waals surface area contributed by atoms with Gasteiger partial charge in [0.15, 0.2) is 11.4 Å². The Balaban J connectivity index is 0. The van der Waals surface area contributed by atoms with Gasteiger partial charge >= 0.3 is 109 Å². The summed E-state index contributed by atoms with van der Waals surface area (Å²) >= 11 is 22.3. The first kappa shape index (κ1) is 87.2. The molecule has 24 nitrogen and oxygen atoms in total. The minimum atomic E-state index is -1.02. The third-order valence-corrected chi connectivity index (χ3v) is 13.1. The maximum atomic E-state index is 14.0. The number of nitrogens with one attached hydrogen (secondary N) is 2. The van der Waals surface area contributed by atoms with Gasteiger partial charge in [0.2, 0.25) is 11.8 Å². The van der Waals surface area contributed by atoms with E-state index in [1.54, 1.807) is 78.9 Å². The molecule has 0 radical (unpaired) electrons. The van der Waals surface area contributed by atoms with Crippen LogP contribution in [0.3, 0.4) is 0 Å². The van der Waals surface area contributed by atoms with Gasteiger partial charge in [0, 0.05) is 62.1 Å². The summed E-state index contributed by atoms with van der Waals surface area (Å²) in [6.07, 6.45) is 2.83. The summed E-state index contributed by atoms with van der Waals surface area (Å²) in [7, 11) is 0. The van der Waals surface area contributed by atoms with Crippen LogP contribution in [0.1, 0.15) is 71.2 Å². The van der Waals surface area contributed by atoms with E-state index in [9.17, 15) is 51.8 Å². The number of rotatable bonds is 28. The Morgan fingerprint density at radius 2 is 1.09 bits per heavy atom. The minimum absolute atomic E-state index is 0. The van der Waals surface area contributed by atoms with Gasteiger partial charge in [0.05, 0.1) is 45.1 Å². The minimum Gasteiger partial charge on any atom is -1.00 e. The van der Waals surface area contributed by atoms with E-state index in [0.717, 1.165) is 6.42 Å². The molecule has 4 amide bonds. The van der Waals surface area contributed by atoms with Gasteiger partial charge in [-0.15, -0.1) is 11.6 Å². The zero-order valence-corrected chi connectivity index (χ0v) is 59.6. The van der Waals surface area contributed by atoms with Crippen molar-refractivity contribution in [3.63, 3.8) is 0 Å². The number of carboxylic acids is 1. The molecular weight excluding hydrogens is 1350 g/mol. The fourth-order valence-corrected chi connectivity index (χ4v) is 8.30. The Morgan fingerprint density at radius 3 is 1.50 bits per heavy atom. The number of carbonyl (C=O) groups is 8. The van der Waals surface area contributed by atoms with E-state index in [2.05, 4.69) is 25.7 Å². The fourth-order valence-electron chi connectivity index (χ4n) is 7.59. The van der Waals surface area contributed by atoms with E-state index in [0.29, 0.717) is 65.3 Å². The number of halogens is 7. The van der Waals surface area contributed by atoms with Crippen LogP contribution in [0, 0.1) is 17.5 Å². The van der Waals surface area contributed by atoms with Crippen LogP contribution in [0.5, 0.6) is 0 Å². The number of aryl methyl sites for hydroxylation is 2. The Bertz CT molecular complexity index is 3470. The summed E-state index contributed by atoms with van der Waals surface area (Å²) < 4.78 is 43.4. The Kier molecular flexibility index (Phi) is 47.1. The number of para-hydroxylation sites is 2. The van der Waals surface area contributed by atoms with E-state index in [4.69, 9.17) is 89.0 Å². The van der Waals surface area contributed by atoms with E-state index < -0.39 is 47.0 Å². The molecule has 7 rings (SSSR count). The van der Waals surface area contributed by atoms with Crippen LogP contribution < -0.4 is 136 Å². The number of alkyl halides is 1. The van der Waals surface area contributed by atoms with Crippen LogP contribution in [0.15, 0.2) is 103 Å². The number of aromatic nitrogens is 4. The van der Waals surface area contributed by atoms with E-state index in [1.165, 1.54) is 38.5 Å². The molecule has 2 heterocycles. The van der Waals surface area contributed by atoms with Crippen LogP contribution in [-0.4, -0.2) is 151 Å². The molecule has 92 heavy (non-hydrogen) atoms. The molecule has 0 aliphatic carbocycles. The van der Waals surface area contributed by atoms with Crippen LogP contribution in [0.4, 0.5) is 13.2 Å². The number of aliphatic hydroxyl groups is 3. The van der Waals surface area contributed by atoms with Crippen molar-refractivity contribution in [3.05, 3.63) is 164 Å². The number of benzene rings is 5. The number of hydrogen-bond donors (Lipinski definition) is 9. The number of aliphatic carboxylic acids is 1. The molecule has 0 atom stereocenters. The summed E-state index contributed by atoms with van der Waals surface area (Å²) in [5, 5.41) is 57.6. The molecule has 0 fully saturated rings. The summed E-state index contributed by atoms with van der Waals surface area (Å²) in [6, 6.07) is 27.7. The van der Waals surface area contributed by atoms with Crippen molar-refractivity contribution in [1.29, 1.82) is 0 Å². The smallest absolute Gasteiger partial charge is 1.00 e. The number of hydrogen-bond acceptors (Lipinski definition) is 17. The SMILES string of the molecule is NC(=O)c1nn(CC(=O)N(CCCO)CC(=O)NCc2cccc(Cl)c2F)c2ccccc12.NC(=O)c1nn(CC(=O)O)c2ccccc12.NCCCO.O=C(CCc1cccc(Cl)c1F)CNCCCO.O=C(CCl)CCc1cccc(Cl)c1F.O=CO[O-].[H-].[K+].[K+]. The van der Waals surface area contributed by atoms with Crippen molar-refractivity contribution in [1.82, 2.24) is 35.1 Å². The first-order valence-corrected chi connectivity index (χ1v) is 28.8. The normalized spacial score (nSPS) is 10.0. The zero-order valence-electron chi connectivity index (χ0n) is 51.3. The van der Waals surface area contributed by atoms with Crippen LogP contribution in [0.25, 0.3) is 21.8 Å². The number of nitrogens with zero attached hydrogens (tertiary/aromatic N) is 5. The monoisotopic (exact) mass is 1420 g/mol. The third kappa shape index (κ3) is 32.1. The van der Waals surface area contributed by atoms with E-state index >= 15 is 0 Å². The summed E-state index contributed by atoms with van der Waals surface area (Å²) in [6.45, 7) is 0.606. The molecule has 0 unspecified atom stereocenters. The molecule has 0 spiro atoms. The average molecular weight is 1420 g/mol. The molecule has 490 valence electrons. The van der Waals surface area contributed by atoms with Gasteiger partial charge in [-0.2, -0.15) is 10.2 Å². The van der Waals surface area contributed by atoms with Crippen molar-refractivity contribution < 1.29 is 186 Å². The maximum Gasteiger partial charge on any atom is 1.00 e. The first-order chi connectivity index (χ1) is 43.0. The van der Waals surface area contributed by atoms with Gasteiger partial charge in [-0.05, 0) is 86.7 Å². The molecule has 0 aliphatic heterocycles. The standard InChI is InChI=1S/C22H23ClFN5O4.C13H17ClFNO2.C10H9Cl2FO.C10H9N3O3.C3H9NO.CH2O3.2K.H/c23-16-7-3-5-14(20(16)24)11-26-18(31)12-28(9-4-10-30)19(32)13-29-17-8-2-1-6-15(17)21(27-29)22(25)33;14-12-4-1-3-10(13(12)15)5-6-11(18)9-16-7-2-8-17;11-6-8(14)5-4-7-2-1-3-9(12)10(7)13;11-10(16)9-6-3-1-2-4-7(6)13(12-9)5-8(14)15;4-2-1-3-5;2-1-4-3;;;/h1-3,5-8,30H,4,9-13H2,(H2,25,33)(H,26,31);1,3-4,16-17H,2,5-9H2;1-3H,4-6H2;1-4H,5H2,(H2,11,16)(H,14,15);5H,1-4H2;1,3H;;;/q;;;;;;2*+1;-1/p-1. The molecule has 12 N–H and O–H groups in total. The molecule has 0 saturated heterocycles. The second kappa shape index (κ2) is 49.7. The van der Waals surface area contributed by atoms with Crippen molar-refractivity contribution >= 4 is 116 Å². The molecule has 0 saturated carbocycles. The largest absolute Gasteiger partial charge is 1.00 e. The van der Waals surface area contributed by atoms with Gasteiger partial charge in [0.25, 0.3) is 18.3 Å². The van der Waals surface area contributed by atoms with Gasteiger partial charge in [-0.25, -0.2) is 13.2 Å². The number of primary amides is 2. The number of aliphatic hydroxyl groups excluding tert-OH is 3. The predicted molar refractivity (Wildman–Crippen MR) is 329 cm³/mol. The Labute approximate surface area is 633 Å². The molecule has 33 heteroatoms. The van der Waals surface area contributed by atoms with Gasteiger partial charge in [-0.1, -0.05) is 108 Å². The number of fused-ring (bicyclic) bond motifs is 2. The number of carbonyl (C=O) groups excluding carboxylic acids is 7. The summed E-state index contributed by atoms with van der Waals surface area (Å²) in [5.41, 5.74) is 17.9. The van der Waals surface area contributed by atoms with E-state index in [-0.39, 0.29) is 238 Å². The summed E-state index contributed by atoms with van der Waals surface area (Å²) in [4.78, 5) is 93.7. The molecule has 7 aromatic rings. The van der Waals surface area contributed by atoms with Crippen LogP contribution in [-0.2, 0) is 66.1 Å². The number of Topliss-reactive ketones (excluding diaryl/α,β-unsaturated/α-hetero) is 2. The van der Waals surface area contributed by atoms with Crippen molar-refractivity contribution in [2.24, 2.45) is 17.2 Å². The quantitative estimate of drug-likeness (QED) is 0.00689. The number of nitrogens with two attached hydrogens (primary N) is 3. The van der Waals surface area contributed by atoms with Crippen molar-refractivity contribution in [2.75, 3.05) is 58.4 Å². The van der Waals surface area contributed by atoms with Crippen LogP contribution in [0.2, 0.25) is 15.1 Å². The Morgan fingerprint density at radius 1 is 0.652 bits per heavy atom. The molecule has 2 aromatic heterocycles. The number of carboxylic acid groups (broad SMARTS) is 1. The zero-order chi connectivity index (χ0) is 67.1. The number of amides is 4. The molecule has 0 bridgehead atoms. The van der Waals surface area contributed by atoms with Crippen molar-refractivity contribution in [2.45, 2.75) is 64.6 Å². The van der Waals surface area contributed by atoms with Crippen LogP contribution >= 0.6 is 46.4 Å². The van der Waals surface area contributed by atoms with Crippen molar-refractivity contribution in [3.8, 4) is 0 Å². The second-order valence-electron chi connectivity index (χ2n) is 18.5. The third-order valence-electron chi connectivity index (χ3n) is 11.9. The summed E-state index contributed by atoms with van der Waals surface area (Å²) in [5.74, 6) is -4.98. The van der Waals surface area contributed by atoms with Gasteiger partial charge in [-0.3, -0.25) is 47.7 Å². The first-order valence-electron chi connectivity index (χ1n) is 27.1. The van der Waals surface area contributed by atoms with E-state index in [1.807, 2.05) is 0 Å². The Hall–Kier alpha value is -4.82. The topological polar surface area (TPSA) is 391 Å². The second-order valence-corrected chi connectivity index (χ2v) is 20.0. The van der Waals surface area contributed by atoms with Gasteiger partial charge in [0.1, 0.15) is 42.1 Å². The number of ketones is 2. The molecule has 5 aromatic carbocycles. The molecule has 0 aliphatic rings.